The van der Waals surface area contributed by atoms with Gasteiger partial charge in [-0.2, -0.15) is 5.10 Å². The molecule has 3 rings (SSSR count). The molecule has 2 heterocycles. The molecule has 0 spiro atoms. The first-order valence-electron chi connectivity index (χ1n) is 6.99. The van der Waals surface area contributed by atoms with Crippen LogP contribution in [0.4, 0.5) is 5.95 Å². The molecule has 19 heavy (non-hydrogen) atoms. The van der Waals surface area contributed by atoms with Gasteiger partial charge in [-0.25, -0.2) is 4.98 Å². The minimum Gasteiger partial charge on any atom is -0.393 e. The number of anilines is 1. The Morgan fingerprint density at radius 3 is 2.63 bits per heavy atom. The second-order valence-electron chi connectivity index (χ2n) is 5.40. The minimum absolute atomic E-state index is 0.158. The molecule has 1 saturated carbocycles. The zero-order valence-electron chi connectivity index (χ0n) is 11.5. The number of rotatable bonds is 2. The summed E-state index contributed by atoms with van der Waals surface area (Å²) in [7, 11) is 1.94. The van der Waals surface area contributed by atoms with Crippen LogP contribution < -0.4 is 5.73 Å². The Balaban J connectivity index is 2.07. The van der Waals surface area contributed by atoms with Crippen molar-refractivity contribution < 1.29 is 5.11 Å². The average Bonchev–Trinajstić information content (AvgIpc) is 2.88. The van der Waals surface area contributed by atoms with E-state index in [0.717, 1.165) is 49.0 Å². The molecule has 0 bridgehead atoms. The van der Waals surface area contributed by atoms with Gasteiger partial charge in [0.05, 0.1) is 11.8 Å². The Bertz CT molecular complexity index is 592. The summed E-state index contributed by atoms with van der Waals surface area (Å²) in [4.78, 5) is 4.49. The zero-order chi connectivity index (χ0) is 13.6. The van der Waals surface area contributed by atoms with E-state index in [2.05, 4.69) is 21.6 Å². The summed E-state index contributed by atoms with van der Waals surface area (Å²) in [5, 5.41) is 14.1. The van der Waals surface area contributed by atoms with E-state index in [1.165, 1.54) is 0 Å². The number of hydrogen-bond donors (Lipinski definition) is 2. The lowest BCUT2D eigenvalue weighted by Gasteiger charge is -2.27. The molecule has 0 unspecified atom stereocenters. The summed E-state index contributed by atoms with van der Waals surface area (Å²) in [6.07, 6.45) is 4.27. The highest BCUT2D eigenvalue weighted by Gasteiger charge is 2.26. The van der Waals surface area contributed by atoms with Crippen molar-refractivity contribution >= 4 is 17.1 Å². The van der Waals surface area contributed by atoms with Crippen molar-refractivity contribution in [3.8, 4) is 0 Å². The summed E-state index contributed by atoms with van der Waals surface area (Å²) in [6, 6.07) is 0.327. The van der Waals surface area contributed by atoms with Gasteiger partial charge in [-0.15, -0.1) is 0 Å². The zero-order valence-corrected chi connectivity index (χ0v) is 11.5. The molecule has 2 aromatic rings. The van der Waals surface area contributed by atoms with Crippen LogP contribution in [0.15, 0.2) is 0 Å². The van der Waals surface area contributed by atoms with E-state index < -0.39 is 0 Å². The number of aryl methyl sites for hydroxylation is 2. The van der Waals surface area contributed by atoms with E-state index in [9.17, 15) is 5.11 Å². The molecule has 3 N–H and O–H groups in total. The third-order valence-electron chi connectivity index (χ3n) is 4.13. The lowest BCUT2D eigenvalue weighted by molar-refractivity contribution is 0.111. The Morgan fingerprint density at radius 1 is 1.32 bits per heavy atom. The summed E-state index contributed by atoms with van der Waals surface area (Å²) in [5.41, 5.74) is 9.04. The van der Waals surface area contributed by atoms with Gasteiger partial charge in [-0.05, 0) is 32.1 Å². The third kappa shape index (κ3) is 1.90. The van der Waals surface area contributed by atoms with Crippen molar-refractivity contribution in [2.24, 2.45) is 7.05 Å². The minimum atomic E-state index is -0.158. The van der Waals surface area contributed by atoms with Crippen molar-refractivity contribution in [2.45, 2.75) is 51.2 Å². The molecule has 0 aliphatic heterocycles. The van der Waals surface area contributed by atoms with Crippen LogP contribution in [-0.2, 0) is 13.5 Å². The van der Waals surface area contributed by atoms with Crippen LogP contribution in [0, 0.1) is 0 Å². The molecule has 0 amide bonds. The van der Waals surface area contributed by atoms with Crippen LogP contribution >= 0.6 is 0 Å². The van der Waals surface area contributed by atoms with Crippen molar-refractivity contribution in [1.29, 1.82) is 0 Å². The Morgan fingerprint density at radius 2 is 2.00 bits per heavy atom. The number of nitrogens with zero attached hydrogens (tertiary/aromatic N) is 4. The fourth-order valence-electron chi connectivity index (χ4n) is 3.13. The largest absolute Gasteiger partial charge is 0.393 e. The maximum atomic E-state index is 9.63. The van der Waals surface area contributed by atoms with Crippen LogP contribution in [0.5, 0.6) is 0 Å². The van der Waals surface area contributed by atoms with Crippen LogP contribution in [0.1, 0.15) is 44.3 Å². The van der Waals surface area contributed by atoms with Gasteiger partial charge in [0.2, 0.25) is 5.95 Å². The van der Waals surface area contributed by atoms with Gasteiger partial charge < -0.3 is 10.8 Å². The number of aliphatic hydroxyl groups is 1. The molecule has 6 nitrogen and oxygen atoms in total. The highest BCUT2D eigenvalue weighted by molar-refractivity contribution is 5.78. The molecule has 1 fully saturated rings. The molecule has 0 radical (unpaired) electrons. The number of aromatic nitrogens is 4. The first kappa shape index (κ1) is 12.5. The fourth-order valence-corrected chi connectivity index (χ4v) is 3.13. The van der Waals surface area contributed by atoms with Crippen LogP contribution in [0.3, 0.4) is 0 Å². The lowest BCUT2D eigenvalue weighted by Crippen LogP contribution is -2.22. The van der Waals surface area contributed by atoms with Crippen molar-refractivity contribution in [3.63, 3.8) is 0 Å². The van der Waals surface area contributed by atoms with Crippen LogP contribution in [-0.4, -0.2) is 30.5 Å². The molecule has 2 aromatic heterocycles. The molecule has 104 valence electrons. The highest BCUT2D eigenvalue weighted by atomic mass is 16.3. The van der Waals surface area contributed by atoms with Gasteiger partial charge >= 0.3 is 0 Å². The number of hydrogen-bond acceptors (Lipinski definition) is 4. The summed E-state index contributed by atoms with van der Waals surface area (Å²) >= 11 is 0. The fraction of sp³-hybridized carbons (Fsp3) is 0.692. The maximum Gasteiger partial charge on any atom is 0.202 e. The molecular formula is C13H21N5O. The SMILES string of the molecule is CCc1nn(C)c2c1nc(N)n2C1CCC(O)CC1. The molecule has 1 aliphatic carbocycles. The van der Waals surface area contributed by atoms with Gasteiger partial charge in [0, 0.05) is 13.1 Å². The highest BCUT2D eigenvalue weighted by Crippen LogP contribution is 2.34. The number of aliphatic hydroxyl groups excluding tert-OH is 1. The van der Waals surface area contributed by atoms with E-state index in [0.29, 0.717) is 12.0 Å². The lowest BCUT2D eigenvalue weighted by atomic mass is 9.93. The van der Waals surface area contributed by atoms with Gasteiger partial charge in [0.15, 0.2) is 5.65 Å². The Labute approximate surface area is 112 Å². The topological polar surface area (TPSA) is 81.9 Å². The Hall–Kier alpha value is -1.56. The standard InChI is InChI=1S/C13H21N5O/c1-3-10-11-12(17(2)16-10)18(13(14)15-11)8-4-6-9(19)7-5-8/h8-9,19H,3-7H2,1-2H3,(H2,14,15). The predicted molar refractivity (Wildman–Crippen MR) is 73.8 cm³/mol. The third-order valence-corrected chi connectivity index (χ3v) is 4.13. The van der Waals surface area contributed by atoms with Crippen molar-refractivity contribution in [2.75, 3.05) is 5.73 Å². The van der Waals surface area contributed by atoms with Gasteiger partial charge in [0.1, 0.15) is 5.52 Å². The number of fused-ring (bicyclic) bond motifs is 1. The second kappa shape index (κ2) is 4.52. The molecule has 0 atom stereocenters. The molecule has 6 heteroatoms. The van der Waals surface area contributed by atoms with E-state index in [-0.39, 0.29) is 6.10 Å². The van der Waals surface area contributed by atoms with Gasteiger partial charge in [-0.3, -0.25) is 9.25 Å². The summed E-state index contributed by atoms with van der Waals surface area (Å²) in [6.45, 7) is 2.08. The van der Waals surface area contributed by atoms with E-state index in [1.807, 2.05) is 11.7 Å². The predicted octanol–water partition coefficient (Wildman–Crippen LogP) is 1.39. The van der Waals surface area contributed by atoms with E-state index >= 15 is 0 Å². The summed E-state index contributed by atoms with van der Waals surface area (Å²) in [5.74, 6) is 0.569. The van der Waals surface area contributed by atoms with Crippen molar-refractivity contribution in [3.05, 3.63) is 5.69 Å². The second-order valence-corrected chi connectivity index (χ2v) is 5.40. The van der Waals surface area contributed by atoms with Gasteiger partial charge in [0.25, 0.3) is 0 Å². The van der Waals surface area contributed by atoms with Crippen LogP contribution in [0.25, 0.3) is 11.2 Å². The smallest absolute Gasteiger partial charge is 0.202 e. The normalized spacial score (nSPS) is 24.2. The molecule has 0 aromatic carbocycles. The first-order valence-corrected chi connectivity index (χ1v) is 6.99. The number of imidazole rings is 1. The van der Waals surface area contributed by atoms with Crippen molar-refractivity contribution in [1.82, 2.24) is 19.3 Å². The van der Waals surface area contributed by atoms with Crippen LogP contribution in [0.2, 0.25) is 0 Å². The molecule has 1 aliphatic rings. The Kier molecular flexibility index (Phi) is 2.97. The molecular weight excluding hydrogens is 242 g/mol. The van der Waals surface area contributed by atoms with E-state index in [4.69, 9.17) is 5.73 Å². The summed E-state index contributed by atoms with van der Waals surface area (Å²) < 4.78 is 3.98. The molecule has 0 saturated heterocycles. The average molecular weight is 263 g/mol. The maximum absolute atomic E-state index is 9.63. The first-order chi connectivity index (χ1) is 9.11. The van der Waals surface area contributed by atoms with Gasteiger partial charge in [-0.1, -0.05) is 6.92 Å². The monoisotopic (exact) mass is 263 g/mol. The number of nitrogens with two attached hydrogens (primary N) is 1. The van der Waals surface area contributed by atoms with E-state index in [1.54, 1.807) is 0 Å². The quantitative estimate of drug-likeness (QED) is 0.858. The number of nitrogen functional groups attached to an aromatic ring is 1.